The van der Waals surface area contributed by atoms with Gasteiger partial charge in [0.25, 0.3) is 0 Å². The summed E-state index contributed by atoms with van der Waals surface area (Å²) in [7, 11) is 0. The van der Waals surface area contributed by atoms with Gasteiger partial charge in [-0.05, 0) is 21.5 Å². The number of benzene rings is 1. The molecule has 0 spiro atoms. The molecular weight excluding hydrogens is 282 g/mol. The lowest BCUT2D eigenvalue weighted by molar-refractivity contribution is -0.115. The molecule has 0 atom stereocenters. The van der Waals surface area contributed by atoms with Crippen LogP contribution in [0.3, 0.4) is 0 Å². The Labute approximate surface area is 107 Å². The topological polar surface area (TPSA) is 54.9 Å². The van der Waals surface area contributed by atoms with Crippen molar-refractivity contribution in [3.63, 3.8) is 0 Å². The molecule has 86 valence electrons. The van der Waals surface area contributed by atoms with E-state index in [0.29, 0.717) is 12.4 Å². The number of hydrogen-bond donors (Lipinski definition) is 1. The van der Waals surface area contributed by atoms with Crippen molar-refractivity contribution < 1.29 is 4.79 Å². The molecule has 0 aliphatic rings. The van der Waals surface area contributed by atoms with E-state index in [1.165, 1.54) is 0 Å². The number of carbonyl (C=O) groups excluding carboxylic acids is 1. The molecule has 1 aromatic heterocycles. The van der Waals surface area contributed by atoms with Crippen LogP contribution in [0, 0.1) is 0 Å². The van der Waals surface area contributed by atoms with Crippen LogP contribution in [-0.4, -0.2) is 15.9 Å². The van der Waals surface area contributed by atoms with E-state index in [0.717, 1.165) is 10.0 Å². The standard InChI is InChI=1S/C12H10BrN3O/c13-10-7-14-12(15-8-10)16-11(17)6-9-4-2-1-3-5-9/h1-5,7-8H,6H2,(H,14,15,16,17). The van der Waals surface area contributed by atoms with Crippen molar-refractivity contribution >= 4 is 27.8 Å². The zero-order chi connectivity index (χ0) is 12.1. The molecule has 1 N–H and O–H groups in total. The second-order valence-corrected chi connectivity index (χ2v) is 4.35. The molecule has 1 amide bonds. The van der Waals surface area contributed by atoms with Crippen LogP contribution in [0.4, 0.5) is 5.95 Å². The van der Waals surface area contributed by atoms with Gasteiger partial charge < -0.3 is 0 Å². The van der Waals surface area contributed by atoms with Crippen LogP contribution in [0.25, 0.3) is 0 Å². The van der Waals surface area contributed by atoms with Gasteiger partial charge in [0.05, 0.1) is 10.9 Å². The van der Waals surface area contributed by atoms with E-state index in [1.807, 2.05) is 30.3 Å². The molecule has 2 aromatic rings. The number of nitrogens with zero attached hydrogens (tertiary/aromatic N) is 2. The Hall–Kier alpha value is -1.75. The number of hydrogen-bond acceptors (Lipinski definition) is 3. The van der Waals surface area contributed by atoms with Crippen LogP contribution in [0.5, 0.6) is 0 Å². The first-order chi connectivity index (χ1) is 8.24. The number of carbonyl (C=O) groups is 1. The predicted octanol–water partition coefficient (Wildman–Crippen LogP) is 2.42. The molecule has 1 aromatic carbocycles. The quantitative estimate of drug-likeness (QED) is 0.945. The van der Waals surface area contributed by atoms with Crippen molar-refractivity contribution in [2.24, 2.45) is 0 Å². The summed E-state index contributed by atoms with van der Waals surface area (Å²) < 4.78 is 0.776. The maximum atomic E-state index is 11.7. The number of amides is 1. The highest BCUT2D eigenvalue weighted by Gasteiger charge is 2.05. The predicted molar refractivity (Wildman–Crippen MR) is 68.5 cm³/mol. The summed E-state index contributed by atoms with van der Waals surface area (Å²) >= 11 is 3.23. The third-order valence-corrected chi connectivity index (χ3v) is 2.49. The Kier molecular flexibility index (Phi) is 3.82. The van der Waals surface area contributed by atoms with Gasteiger partial charge >= 0.3 is 0 Å². The van der Waals surface area contributed by atoms with E-state index in [4.69, 9.17) is 0 Å². The molecule has 17 heavy (non-hydrogen) atoms. The first-order valence-electron chi connectivity index (χ1n) is 5.05. The molecule has 4 nitrogen and oxygen atoms in total. The van der Waals surface area contributed by atoms with Gasteiger partial charge in [0.2, 0.25) is 11.9 Å². The van der Waals surface area contributed by atoms with E-state index in [1.54, 1.807) is 12.4 Å². The number of aromatic nitrogens is 2. The fraction of sp³-hybridized carbons (Fsp3) is 0.0833. The number of anilines is 1. The second-order valence-electron chi connectivity index (χ2n) is 3.44. The lowest BCUT2D eigenvalue weighted by Gasteiger charge is -2.03. The molecule has 0 radical (unpaired) electrons. The van der Waals surface area contributed by atoms with Crippen LogP contribution >= 0.6 is 15.9 Å². The summed E-state index contributed by atoms with van der Waals surface area (Å²) in [5.41, 5.74) is 0.960. The second kappa shape index (κ2) is 5.54. The minimum Gasteiger partial charge on any atom is -0.294 e. The van der Waals surface area contributed by atoms with Crippen LogP contribution in [0.15, 0.2) is 47.2 Å². The first kappa shape index (κ1) is 11.7. The molecule has 0 fully saturated rings. The number of rotatable bonds is 3. The van der Waals surface area contributed by atoms with Gasteiger partial charge in [0.15, 0.2) is 0 Å². The molecular formula is C12H10BrN3O. The SMILES string of the molecule is O=C(Cc1ccccc1)Nc1ncc(Br)cn1. The van der Waals surface area contributed by atoms with Gasteiger partial charge in [-0.3, -0.25) is 10.1 Å². The van der Waals surface area contributed by atoms with Crippen molar-refractivity contribution in [3.8, 4) is 0 Å². The van der Waals surface area contributed by atoms with E-state index in [-0.39, 0.29) is 5.91 Å². The Morgan fingerprint density at radius 2 is 1.82 bits per heavy atom. The van der Waals surface area contributed by atoms with Crippen LogP contribution in [0.1, 0.15) is 5.56 Å². The zero-order valence-corrected chi connectivity index (χ0v) is 10.5. The summed E-state index contributed by atoms with van der Waals surface area (Å²) in [6, 6.07) is 9.53. The summed E-state index contributed by atoms with van der Waals surface area (Å²) in [5, 5.41) is 2.64. The smallest absolute Gasteiger partial charge is 0.231 e. The zero-order valence-electron chi connectivity index (χ0n) is 8.93. The molecule has 0 aliphatic carbocycles. The lowest BCUT2D eigenvalue weighted by atomic mass is 10.1. The summed E-state index contributed by atoms with van der Waals surface area (Å²) in [6.07, 6.45) is 3.50. The Balaban J connectivity index is 1.96. The molecule has 0 saturated heterocycles. The third kappa shape index (κ3) is 3.64. The molecule has 5 heteroatoms. The van der Waals surface area contributed by atoms with Gasteiger partial charge in [-0.25, -0.2) is 9.97 Å². The highest BCUT2D eigenvalue weighted by Crippen LogP contribution is 2.07. The molecule has 0 aliphatic heterocycles. The van der Waals surface area contributed by atoms with E-state index in [9.17, 15) is 4.79 Å². The van der Waals surface area contributed by atoms with Crippen LogP contribution in [0.2, 0.25) is 0 Å². The molecule has 2 rings (SSSR count). The van der Waals surface area contributed by atoms with Gasteiger partial charge in [-0.1, -0.05) is 30.3 Å². The van der Waals surface area contributed by atoms with Gasteiger partial charge in [-0.15, -0.1) is 0 Å². The van der Waals surface area contributed by atoms with E-state index >= 15 is 0 Å². The number of halogens is 1. The average Bonchev–Trinajstić information content (AvgIpc) is 2.33. The summed E-state index contributed by atoms with van der Waals surface area (Å²) in [6.45, 7) is 0. The minimum absolute atomic E-state index is 0.126. The molecule has 0 saturated carbocycles. The first-order valence-corrected chi connectivity index (χ1v) is 5.84. The normalized spacial score (nSPS) is 9.94. The Morgan fingerprint density at radius 3 is 2.47 bits per heavy atom. The molecule has 1 heterocycles. The monoisotopic (exact) mass is 291 g/mol. The third-order valence-electron chi connectivity index (χ3n) is 2.08. The molecule has 0 bridgehead atoms. The van der Waals surface area contributed by atoms with Crippen molar-refractivity contribution in [3.05, 3.63) is 52.8 Å². The molecule has 0 unspecified atom stereocenters. The van der Waals surface area contributed by atoms with E-state index < -0.39 is 0 Å². The minimum atomic E-state index is -0.126. The van der Waals surface area contributed by atoms with Crippen molar-refractivity contribution in [1.82, 2.24) is 9.97 Å². The van der Waals surface area contributed by atoms with Crippen LogP contribution in [-0.2, 0) is 11.2 Å². The van der Waals surface area contributed by atoms with E-state index in [2.05, 4.69) is 31.2 Å². The van der Waals surface area contributed by atoms with Crippen molar-refractivity contribution in [2.45, 2.75) is 6.42 Å². The summed E-state index contributed by atoms with van der Waals surface area (Å²) in [4.78, 5) is 19.6. The maximum Gasteiger partial charge on any atom is 0.231 e. The van der Waals surface area contributed by atoms with Gasteiger partial charge in [0, 0.05) is 12.4 Å². The Morgan fingerprint density at radius 1 is 1.18 bits per heavy atom. The summed E-state index contributed by atoms with van der Waals surface area (Å²) in [5.74, 6) is 0.188. The largest absolute Gasteiger partial charge is 0.294 e. The maximum absolute atomic E-state index is 11.7. The lowest BCUT2D eigenvalue weighted by Crippen LogP contribution is -2.16. The van der Waals surface area contributed by atoms with Crippen molar-refractivity contribution in [1.29, 1.82) is 0 Å². The highest BCUT2D eigenvalue weighted by molar-refractivity contribution is 9.10. The van der Waals surface area contributed by atoms with Crippen LogP contribution < -0.4 is 5.32 Å². The fourth-order valence-electron chi connectivity index (χ4n) is 1.33. The average molecular weight is 292 g/mol. The van der Waals surface area contributed by atoms with Gasteiger partial charge in [0.1, 0.15) is 0 Å². The highest BCUT2D eigenvalue weighted by atomic mass is 79.9. The van der Waals surface area contributed by atoms with Gasteiger partial charge in [-0.2, -0.15) is 0 Å². The van der Waals surface area contributed by atoms with Crippen molar-refractivity contribution in [2.75, 3.05) is 5.32 Å². The fourth-order valence-corrected chi connectivity index (χ4v) is 1.53. The Bertz CT molecular complexity index is 499. The number of nitrogens with one attached hydrogen (secondary N) is 1.